The summed E-state index contributed by atoms with van der Waals surface area (Å²) in [6.45, 7) is 1.82. The third kappa shape index (κ3) is 3.28. The smallest absolute Gasteiger partial charge is 0.267 e. The van der Waals surface area contributed by atoms with Gasteiger partial charge in [0, 0.05) is 11.3 Å². The Labute approximate surface area is 138 Å². The van der Waals surface area contributed by atoms with Crippen LogP contribution < -0.4 is 5.32 Å². The second-order valence-electron chi connectivity index (χ2n) is 4.95. The normalized spacial score (nSPS) is 10.1. The second kappa shape index (κ2) is 6.42. The van der Waals surface area contributed by atoms with Crippen LogP contribution in [0, 0.1) is 18.3 Å². The molecule has 1 heterocycles. The number of rotatable bonds is 3. The van der Waals surface area contributed by atoms with E-state index in [0.717, 1.165) is 10.6 Å². The molecule has 0 aliphatic heterocycles. The van der Waals surface area contributed by atoms with Gasteiger partial charge in [0.15, 0.2) is 0 Å². The molecule has 0 saturated heterocycles. The maximum absolute atomic E-state index is 12.5. The van der Waals surface area contributed by atoms with Crippen LogP contribution in [0.4, 0.5) is 5.69 Å². The van der Waals surface area contributed by atoms with E-state index in [1.54, 1.807) is 24.3 Å². The van der Waals surface area contributed by atoms with Crippen molar-refractivity contribution in [2.45, 2.75) is 6.92 Å². The van der Waals surface area contributed by atoms with Gasteiger partial charge in [-0.3, -0.25) is 4.79 Å². The van der Waals surface area contributed by atoms with Gasteiger partial charge in [0.05, 0.1) is 17.3 Å². The molecule has 0 aliphatic carbocycles. The number of nitrogens with one attached hydrogen (secondary N) is 1. The molecule has 1 aromatic heterocycles. The number of thiazole rings is 1. The van der Waals surface area contributed by atoms with Crippen LogP contribution in [0.15, 0.2) is 54.6 Å². The van der Waals surface area contributed by atoms with E-state index in [1.807, 2.05) is 37.3 Å². The Morgan fingerprint density at radius 1 is 1.17 bits per heavy atom. The zero-order valence-corrected chi connectivity index (χ0v) is 13.2. The van der Waals surface area contributed by atoms with Crippen LogP contribution in [-0.2, 0) is 0 Å². The van der Waals surface area contributed by atoms with Gasteiger partial charge in [0.25, 0.3) is 5.91 Å². The molecule has 0 saturated carbocycles. The number of carbonyl (C=O) groups is 1. The number of hydrogen-bond donors (Lipinski definition) is 1. The first-order valence-corrected chi connectivity index (χ1v) is 7.83. The number of hydrogen-bond acceptors (Lipinski definition) is 4. The Balaban J connectivity index is 1.85. The summed E-state index contributed by atoms with van der Waals surface area (Å²) < 4.78 is 0. The lowest BCUT2D eigenvalue weighted by atomic mass is 10.2. The molecule has 0 bridgehead atoms. The number of amides is 1. The van der Waals surface area contributed by atoms with E-state index in [4.69, 9.17) is 5.26 Å². The Bertz CT molecular complexity index is 894. The molecule has 5 heteroatoms. The average Bonchev–Trinajstić information content (AvgIpc) is 2.98. The summed E-state index contributed by atoms with van der Waals surface area (Å²) in [6, 6.07) is 18.7. The molecule has 1 amide bonds. The molecule has 0 atom stereocenters. The second-order valence-corrected chi connectivity index (χ2v) is 5.95. The number of aryl methyl sites for hydroxylation is 1. The van der Waals surface area contributed by atoms with Crippen molar-refractivity contribution in [3.05, 3.63) is 70.7 Å². The van der Waals surface area contributed by atoms with Crippen LogP contribution in [0.5, 0.6) is 0 Å². The monoisotopic (exact) mass is 319 g/mol. The summed E-state index contributed by atoms with van der Waals surface area (Å²) in [4.78, 5) is 17.5. The lowest BCUT2D eigenvalue weighted by Gasteiger charge is -2.03. The largest absolute Gasteiger partial charge is 0.321 e. The number of nitriles is 1. The standard InChI is InChI=1S/C18H13N3OS/c1-12-16(23-18(20-12)14-7-3-2-4-8-14)17(22)21-15-9-5-6-13(10-15)11-19/h2-10H,1H3,(H,21,22). The summed E-state index contributed by atoms with van der Waals surface area (Å²) in [7, 11) is 0. The minimum Gasteiger partial charge on any atom is -0.321 e. The molecule has 0 radical (unpaired) electrons. The molecule has 0 spiro atoms. The highest BCUT2D eigenvalue weighted by Crippen LogP contribution is 2.28. The van der Waals surface area contributed by atoms with Gasteiger partial charge >= 0.3 is 0 Å². The minimum atomic E-state index is -0.211. The zero-order chi connectivity index (χ0) is 16.2. The van der Waals surface area contributed by atoms with Crippen LogP contribution in [0.1, 0.15) is 20.9 Å². The summed E-state index contributed by atoms with van der Waals surface area (Å²) in [6.07, 6.45) is 0. The third-order valence-electron chi connectivity index (χ3n) is 3.27. The van der Waals surface area contributed by atoms with E-state index in [0.29, 0.717) is 21.8 Å². The molecular formula is C18H13N3OS. The lowest BCUT2D eigenvalue weighted by molar-refractivity contribution is 0.103. The van der Waals surface area contributed by atoms with Gasteiger partial charge < -0.3 is 5.32 Å². The molecule has 3 aromatic rings. The van der Waals surface area contributed by atoms with Crippen LogP contribution >= 0.6 is 11.3 Å². The Morgan fingerprint density at radius 2 is 1.96 bits per heavy atom. The van der Waals surface area contributed by atoms with E-state index in [1.165, 1.54) is 11.3 Å². The fourth-order valence-electron chi connectivity index (χ4n) is 2.17. The van der Waals surface area contributed by atoms with Gasteiger partial charge in [0.1, 0.15) is 9.88 Å². The highest BCUT2D eigenvalue weighted by Gasteiger charge is 2.16. The summed E-state index contributed by atoms with van der Waals surface area (Å²) in [5.74, 6) is -0.211. The summed E-state index contributed by atoms with van der Waals surface area (Å²) in [5, 5.41) is 12.6. The Kier molecular flexibility index (Phi) is 4.18. The average molecular weight is 319 g/mol. The highest BCUT2D eigenvalue weighted by molar-refractivity contribution is 7.17. The fourth-order valence-corrected chi connectivity index (χ4v) is 3.13. The van der Waals surface area contributed by atoms with E-state index >= 15 is 0 Å². The number of anilines is 1. The van der Waals surface area contributed by atoms with Gasteiger partial charge in [0.2, 0.25) is 0 Å². The van der Waals surface area contributed by atoms with E-state index < -0.39 is 0 Å². The van der Waals surface area contributed by atoms with Crippen molar-refractivity contribution in [2.24, 2.45) is 0 Å². The predicted molar refractivity (Wildman–Crippen MR) is 91.4 cm³/mol. The van der Waals surface area contributed by atoms with Crippen molar-refractivity contribution in [1.82, 2.24) is 4.98 Å². The molecular weight excluding hydrogens is 306 g/mol. The van der Waals surface area contributed by atoms with Gasteiger partial charge in [-0.05, 0) is 25.1 Å². The fraction of sp³-hybridized carbons (Fsp3) is 0.0556. The lowest BCUT2D eigenvalue weighted by Crippen LogP contribution is -2.11. The van der Waals surface area contributed by atoms with Gasteiger partial charge in [-0.15, -0.1) is 11.3 Å². The number of aromatic nitrogens is 1. The van der Waals surface area contributed by atoms with Crippen LogP contribution in [0.25, 0.3) is 10.6 Å². The number of benzene rings is 2. The van der Waals surface area contributed by atoms with Crippen molar-refractivity contribution >= 4 is 22.9 Å². The Hall–Kier alpha value is -2.97. The van der Waals surface area contributed by atoms with E-state index in [2.05, 4.69) is 16.4 Å². The minimum absolute atomic E-state index is 0.211. The Morgan fingerprint density at radius 3 is 2.70 bits per heavy atom. The molecule has 1 N–H and O–H groups in total. The molecule has 23 heavy (non-hydrogen) atoms. The molecule has 0 fully saturated rings. The maximum Gasteiger partial charge on any atom is 0.267 e. The number of nitrogens with zero attached hydrogens (tertiary/aromatic N) is 2. The van der Waals surface area contributed by atoms with E-state index in [-0.39, 0.29) is 5.91 Å². The molecule has 0 aliphatic rings. The van der Waals surface area contributed by atoms with Crippen molar-refractivity contribution < 1.29 is 4.79 Å². The van der Waals surface area contributed by atoms with Crippen molar-refractivity contribution in [3.8, 4) is 16.6 Å². The molecule has 0 unspecified atom stereocenters. The topological polar surface area (TPSA) is 65.8 Å². The molecule has 112 valence electrons. The summed E-state index contributed by atoms with van der Waals surface area (Å²) in [5.41, 5.74) is 2.80. The quantitative estimate of drug-likeness (QED) is 0.785. The predicted octanol–water partition coefficient (Wildman–Crippen LogP) is 4.24. The van der Waals surface area contributed by atoms with Crippen molar-refractivity contribution in [3.63, 3.8) is 0 Å². The molecule has 4 nitrogen and oxygen atoms in total. The van der Waals surface area contributed by atoms with Crippen LogP contribution in [0.2, 0.25) is 0 Å². The van der Waals surface area contributed by atoms with E-state index in [9.17, 15) is 4.79 Å². The van der Waals surface area contributed by atoms with Gasteiger partial charge in [-0.2, -0.15) is 5.26 Å². The van der Waals surface area contributed by atoms with Gasteiger partial charge in [-0.25, -0.2) is 4.98 Å². The maximum atomic E-state index is 12.5. The molecule has 3 rings (SSSR count). The summed E-state index contributed by atoms with van der Waals surface area (Å²) >= 11 is 1.36. The zero-order valence-electron chi connectivity index (χ0n) is 12.4. The first-order chi connectivity index (χ1) is 11.2. The third-order valence-corrected chi connectivity index (χ3v) is 4.48. The van der Waals surface area contributed by atoms with Crippen molar-refractivity contribution in [2.75, 3.05) is 5.32 Å². The number of carbonyl (C=O) groups excluding carboxylic acids is 1. The van der Waals surface area contributed by atoms with Gasteiger partial charge in [-0.1, -0.05) is 36.4 Å². The first-order valence-electron chi connectivity index (χ1n) is 7.02. The van der Waals surface area contributed by atoms with Crippen LogP contribution in [0.3, 0.4) is 0 Å². The highest BCUT2D eigenvalue weighted by atomic mass is 32.1. The first kappa shape index (κ1) is 14.9. The van der Waals surface area contributed by atoms with Crippen molar-refractivity contribution in [1.29, 1.82) is 5.26 Å². The SMILES string of the molecule is Cc1nc(-c2ccccc2)sc1C(=O)Nc1cccc(C#N)c1. The molecule has 2 aromatic carbocycles. The van der Waals surface area contributed by atoms with Crippen LogP contribution in [-0.4, -0.2) is 10.9 Å².